The van der Waals surface area contributed by atoms with Gasteiger partial charge in [-0.25, -0.2) is 9.78 Å². The molecule has 0 fully saturated rings. The Labute approximate surface area is 242 Å². The first kappa shape index (κ1) is 28.5. The topological polar surface area (TPSA) is 120 Å². The Balaban J connectivity index is 1.40. The highest BCUT2D eigenvalue weighted by molar-refractivity contribution is 5.80. The number of aryl methyl sites for hydroxylation is 2. The highest BCUT2D eigenvalue weighted by Crippen LogP contribution is 2.30. The van der Waals surface area contributed by atoms with Crippen molar-refractivity contribution in [3.63, 3.8) is 0 Å². The van der Waals surface area contributed by atoms with Crippen LogP contribution in [0.3, 0.4) is 0 Å². The SMILES string of the molecule is CCCCc1nc(C)c(CC(=O)OCc2ccccc2)c(=O)n1Cc1ccc(-c2ccccc2-c2noc(=O)[nH]2)cc1. The van der Waals surface area contributed by atoms with Gasteiger partial charge in [-0.05, 0) is 35.6 Å². The lowest BCUT2D eigenvalue weighted by Gasteiger charge is -2.16. The number of nitrogens with zero attached hydrogens (tertiary/aromatic N) is 3. The number of carbonyl (C=O) groups excluding carboxylic acids is 1. The summed E-state index contributed by atoms with van der Waals surface area (Å²) >= 11 is 0. The molecule has 42 heavy (non-hydrogen) atoms. The van der Waals surface area contributed by atoms with Crippen molar-refractivity contribution in [1.82, 2.24) is 19.7 Å². The smallest absolute Gasteiger partial charge is 0.439 e. The summed E-state index contributed by atoms with van der Waals surface area (Å²) in [6.45, 7) is 4.33. The third-order valence-electron chi connectivity index (χ3n) is 7.09. The average molecular weight is 565 g/mol. The second-order valence-electron chi connectivity index (χ2n) is 10.1. The molecule has 0 radical (unpaired) electrons. The maximum atomic E-state index is 13.8. The lowest BCUT2D eigenvalue weighted by atomic mass is 9.98. The van der Waals surface area contributed by atoms with E-state index >= 15 is 0 Å². The summed E-state index contributed by atoms with van der Waals surface area (Å²) in [5.41, 5.74) is 5.00. The number of aromatic amines is 1. The van der Waals surface area contributed by atoms with Crippen LogP contribution in [0.2, 0.25) is 0 Å². The number of benzene rings is 3. The second kappa shape index (κ2) is 13.1. The Hall–Kier alpha value is -5.05. The van der Waals surface area contributed by atoms with E-state index in [1.54, 1.807) is 11.5 Å². The van der Waals surface area contributed by atoms with Crippen molar-refractivity contribution in [2.75, 3.05) is 0 Å². The minimum Gasteiger partial charge on any atom is -0.461 e. The van der Waals surface area contributed by atoms with Crippen molar-refractivity contribution in [1.29, 1.82) is 0 Å². The summed E-state index contributed by atoms with van der Waals surface area (Å²) in [6.07, 6.45) is 2.38. The van der Waals surface area contributed by atoms with Gasteiger partial charge in [-0.3, -0.25) is 23.7 Å². The van der Waals surface area contributed by atoms with E-state index in [1.165, 1.54) is 0 Å². The first-order chi connectivity index (χ1) is 20.4. The summed E-state index contributed by atoms with van der Waals surface area (Å²) in [6, 6.07) is 24.9. The van der Waals surface area contributed by atoms with Crippen LogP contribution >= 0.6 is 0 Å². The average Bonchev–Trinajstić information content (AvgIpc) is 3.45. The van der Waals surface area contributed by atoms with Gasteiger partial charge in [-0.1, -0.05) is 97.4 Å². The van der Waals surface area contributed by atoms with E-state index in [9.17, 15) is 14.4 Å². The second-order valence-corrected chi connectivity index (χ2v) is 10.1. The molecule has 0 bridgehead atoms. The van der Waals surface area contributed by atoms with E-state index in [1.807, 2.05) is 78.9 Å². The van der Waals surface area contributed by atoms with Gasteiger partial charge in [0.1, 0.15) is 12.4 Å². The van der Waals surface area contributed by atoms with Gasteiger partial charge in [0.15, 0.2) is 5.82 Å². The third-order valence-corrected chi connectivity index (χ3v) is 7.09. The fourth-order valence-corrected chi connectivity index (χ4v) is 4.84. The van der Waals surface area contributed by atoms with Crippen LogP contribution < -0.4 is 11.3 Å². The van der Waals surface area contributed by atoms with Crippen molar-refractivity contribution in [2.45, 2.75) is 52.7 Å². The molecule has 214 valence electrons. The van der Waals surface area contributed by atoms with Crippen LogP contribution in [-0.4, -0.2) is 25.7 Å². The summed E-state index contributed by atoms with van der Waals surface area (Å²) in [5.74, 6) is -0.0299. The molecule has 0 amide bonds. The van der Waals surface area contributed by atoms with Crippen LogP contribution in [0.4, 0.5) is 0 Å². The van der Waals surface area contributed by atoms with Crippen LogP contribution in [0.1, 0.15) is 48.0 Å². The van der Waals surface area contributed by atoms with Gasteiger partial charge in [0.05, 0.1) is 13.0 Å². The Morgan fingerprint density at radius 1 is 0.929 bits per heavy atom. The van der Waals surface area contributed by atoms with E-state index in [2.05, 4.69) is 17.1 Å². The van der Waals surface area contributed by atoms with Crippen molar-refractivity contribution in [3.8, 4) is 22.5 Å². The molecule has 0 spiro atoms. The molecule has 0 aliphatic heterocycles. The predicted molar refractivity (Wildman–Crippen MR) is 159 cm³/mol. The Morgan fingerprint density at radius 2 is 1.64 bits per heavy atom. The van der Waals surface area contributed by atoms with Gasteiger partial charge in [0, 0.05) is 23.2 Å². The fraction of sp³-hybridized carbons (Fsp3) is 0.242. The quantitative estimate of drug-likeness (QED) is 0.218. The Kier molecular flexibility index (Phi) is 8.87. The number of ether oxygens (including phenoxy) is 1. The normalized spacial score (nSPS) is 11.0. The van der Waals surface area contributed by atoms with E-state index in [-0.39, 0.29) is 18.6 Å². The highest BCUT2D eigenvalue weighted by atomic mass is 16.5. The summed E-state index contributed by atoms with van der Waals surface area (Å²) < 4.78 is 11.8. The van der Waals surface area contributed by atoms with Gasteiger partial charge >= 0.3 is 11.7 Å². The molecule has 0 saturated heterocycles. The van der Waals surface area contributed by atoms with Gasteiger partial charge in [0.25, 0.3) is 5.56 Å². The van der Waals surface area contributed by atoms with E-state index in [4.69, 9.17) is 14.2 Å². The summed E-state index contributed by atoms with van der Waals surface area (Å²) in [4.78, 5) is 45.3. The van der Waals surface area contributed by atoms with Gasteiger partial charge in [-0.15, -0.1) is 0 Å². The standard InChI is InChI=1S/C33H32N4O5/c1-3-4-14-29-34-22(2)28(19-30(38)41-21-24-10-6-5-7-11-24)32(39)37(29)20-23-15-17-25(18-16-23)26-12-8-9-13-27(26)31-35-33(40)42-36-31/h5-13,15-18H,3-4,14,19-21H2,1-2H3,(H,35,36,40). The molecular formula is C33H32N4O5. The third kappa shape index (κ3) is 6.63. The molecule has 2 aromatic heterocycles. The molecule has 1 N–H and O–H groups in total. The molecule has 0 aliphatic carbocycles. The van der Waals surface area contributed by atoms with Gasteiger partial charge in [0.2, 0.25) is 0 Å². The Morgan fingerprint density at radius 3 is 2.33 bits per heavy atom. The van der Waals surface area contributed by atoms with Crippen molar-refractivity contribution >= 4 is 5.97 Å². The predicted octanol–water partition coefficient (Wildman–Crippen LogP) is 5.24. The molecule has 5 aromatic rings. The number of esters is 1. The summed E-state index contributed by atoms with van der Waals surface area (Å²) in [5, 5.41) is 3.83. The zero-order valence-corrected chi connectivity index (χ0v) is 23.6. The lowest BCUT2D eigenvalue weighted by molar-refractivity contribution is -0.144. The number of aromatic nitrogens is 4. The molecule has 5 rings (SSSR count). The number of H-pyrrole nitrogens is 1. The van der Waals surface area contributed by atoms with Gasteiger partial charge < -0.3 is 4.74 Å². The van der Waals surface area contributed by atoms with Crippen LogP contribution in [0, 0.1) is 6.92 Å². The zero-order valence-electron chi connectivity index (χ0n) is 23.6. The van der Waals surface area contributed by atoms with Crippen LogP contribution in [-0.2, 0) is 35.5 Å². The largest absolute Gasteiger partial charge is 0.461 e. The maximum Gasteiger partial charge on any atom is 0.439 e. The maximum absolute atomic E-state index is 13.8. The van der Waals surface area contributed by atoms with Crippen molar-refractivity contribution in [2.24, 2.45) is 0 Å². The molecular weight excluding hydrogens is 532 g/mol. The summed E-state index contributed by atoms with van der Waals surface area (Å²) in [7, 11) is 0. The molecule has 0 unspecified atom stereocenters. The monoisotopic (exact) mass is 564 g/mol. The number of hydrogen-bond acceptors (Lipinski definition) is 7. The molecule has 0 saturated carbocycles. The number of rotatable bonds is 11. The first-order valence-electron chi connectivity index (χ1n) is 14.0. The van der Waals surface area contributed by atoms with Crippen LogP contribution in [0.15, 0.2) is 93.0 Å². The molecule has 2 heterocycles. The van der Waals surface area contributed by atoms with Crippen LogP contribution in [0.5, 0.6) is 0 Å². The number of nitrogens with one attached hydrogen (secondary N) is 1. The molecule has 9 heteroatoms. The van der Waals surface area contributed by atoms with Crippen molar-refractivity contribution in [3.05, 3.63) is 128 Å². The first-order valence-corrected chi connectivity index (χ1v) is 14.0. The molecule has 0 aliphatic rings. The number of carbonyl (C=O) groups is 1. The fourth-order valence-electron chi connectivity index (χ4n) is 4.84. The minimum absolute atomic E-state index is 0.140. The lowest BCUT2D eigenvalue weighted by Crippen LogP contribution is -2.31. The van der Waals surface area contributed by atoms with Gasteiger partial charge in [-0.2, -0.15) is 0 Å². The Bertz CT molecular complexity index is 1790. The molecule has 9 nitrogen and oxygen atoms in total. The number of hydrogen-bond donors (Lipinski definition) is 1. The molecule has 3 aromatic carbocycles. The highest BCUT2D eigenvalue weighted by Gasteiger charge is 2.18. The van der Waals surface area contributed by atoms with Crippen LogP contribution in [0.25, 0.3) is 22.5 Å². The number of unbranched alkanes of at least 4 members (excludes halogenated alkanes) is 1. The van der Waals surface area contributed by atoms with E-state index in [0.717, 1.165) is 40.7 Å². The van der Waals surface area contributed by atoms with E-state index in [0.29, 0.717) is 35.9 Å². The zero-order chi connectivity index (χ0) is 29.5. The minimum atomic E-state index is -0.616. The van der Waals surface area contributed by atoms with Crippen molar-refractivity contribution < 1.29 is 14.1 Å². The molecule has 0 atom stereocenters. The van der Waals surface area contributed by atoms with E-state index < -0.39 is 11.7 Å².